The van der Waals surface area contributed by atoms with Gasteiger partial charge in [-0.25, -0.2) is 4.39 Å². The molecule has 0 aliphatic heterocycles. The lowest BCUT2D eigenvalue weighted by Crippen LogP contribution is -2.49. The lowest BCUT2D eigenvalue weighted by atomic mass is 9.98. The summed E-state index contributed by atoms with van der Waals surface area (Å²) in [6.07, 6.45) is 3.58. The van der Waals surface area contributed by atoms with Crippen LogP contribution in [-0.2, 0) is 0 Å². The monoisotopic (exact) mass is 315 g/mol. The van der Waals surface area contributed by atoms with E-state index in [2.05, 4.69) is 21.2 Å². The molecule has 1 aromatic rings. The predicted molar refractivity (Wildman–Crippen MR) is 69.9 cm³/mol. The van der Waals surface area contributed by atoms with Gasteiger partial charge in [-0.3, -0.25) is 4.79 Å². The van der Waals surface area contributed by atoms with Crippen molar-refractivity contribution < 1.29 is 14.3 Å². The van der Waals surface area contributed by atoms with Crippen molar-refractivity contribution in [2.24, 2.45) is 0 Å². The average molecular weight is 316 g/mol. The molecule has 18 heavy (non-hydrogen) atoms. The van der Waals surface area contributed by atoms with E-state index in [0.717, 1.165) is 25.7 Å². The number of carbonyl (C=O) groups is 1. The molecule has 0 saturated heterocycles. The van der Waals surface area contributed by atoms with Crippen LogP contribution >= 0.6 is 15.9 Å². The Morgan fingerprint density at radius 1 is 1.44 bits per heavy atom. The quantitative estimate of drug-likeness (QED) is 0.901. The number of carbonyl (C=O) groups excluding carboxylic acids is 1. The Morgan fingerprint density at radius 2 is 2.11 bits per heavy atom. The van der Waals surface area contributed by atoms with E-state index < -0.39 is 11.4 Å². The van der Waals surface area contributed by atoms with Gasteiger partial charge in [-0.15, -0.1) is 0 Å². The second-order valence-corrected chi connectivity index (χ2v) is 5.58. The number of benzene rings is 1. The van der Waals surface area contributed by atoms with Gasteiger partial charge in [-0.1, -0.05) is 12.8 Å². The Morgan fingerprint density at radius 3 is 2.67 bits per heavy atom. The molecule has 0 heterocycles. The molecule has 1 aliphatic carbocycles. The zero-order valence-electron chi connectivity index (χ0n) is 9.88. The van der Waals surface area contributed by atoms with Crippen molar-refractivity contribution in [3.05, 3.63) is 34.1 Å². The fraction of sp³-hybridized carbons (Fsp3) is 0.462. The van der Waals surface area contributed by atoms with E-state index >= 15 is 0 Å². The molecule has 5 heteroatoms. The van der Waals surface area contributed by atoms with Crippen LogP contribution in [0.4, 0.5) is 4.39 Å². The Balaban J connectivity index is 2.16. The van der Waals surface area contributed by atoms with Gasteiger partial charge < -0.3 is 10.4 Å². The summed E-state index contributed by atoms with van der Waals surface area (Å²) in [6, 6.07) is 3.95. The molecule has 98 valence electrons. The Hall–Kier alpha value is -0.940. The first-order chi connectivity index (χ1) is 8.56. The van der Waals surface area contributed by atoms with Crippen molar-refractivity contribution >= 4 is 21.8 Å². The zero-order valence-corrected chi connectivity index (χ0v) is 11.5. The topological polar surface area (TPSA) is 49.3 Å². The number of hydrogen-bond donors (Lipinski definition) is 2. The minimum absolute atomic E-state index is 0.0580. The number of halogens is 2. The molecule has 0 atom stereocenters. The van der Waals surface area contributed by atoms with Crippen molar-refractivity contribution in [3.8, 4) is 0 Å². The van der Waals surface area contributed by atoms with Crippen molar-refractivity contribution in [1.82, 2.24) is 5.32 Å². The fourth-order valence-electron chi connectivity index (χ4n) is 2.36. The predicted octanol–water partition coefficient (Wildman–Crippen LogP) is 2.62. The summed E-state index contributed by atoms with van der Waals surface area (Å²) < 4.78 is 13.4. The van der Waals surface area contributed by atoms with Gasteiger partial charge in [0.15, 0.2) is 0 Å². The van der Waals surface area contributed by atoms with Crippen molar-refractivity contribution in [2.45, 2.75) is 31.2 Å². The Bertz CT molecular complexity index is 458. The summed E-state index contributed by atoms with van der Waals surface area (Å²) in [6.45, 7) is -0.0580. The molecule has 0 radical (unpaired) electrons. The Labute approximate surface area is 114 Å². The van der Waals surface area contributed by atoms with Crippen molar-refractivity contribution in [1.29, 1.82) is 0 Å². The van der Waals surface area contributed by atoms with Crippen LogP contribution in [0.1, 0.15) is 36.0 Å². The highest BCUT2D eigenvalue weighted by Gasteiger charge is 2.35. The van der Waals surface area contributed by atoms with Crippen LogP contribution in [0.2, 0.25) is 0 Å². The molecular formula is C13H15BrFNO2. The summed E-state index contributed by atoms with van der Waals surface area (Å²) in [5.41, 5.74) is -0.124. The van der Waals surface area contributed by atoms with E-state index in [1.165, 1.54) is 18.2 Å². The molecule has 1 fully saturated rings. The van der Waals surface area contributed by atoms with Gasteiger partial charge in [0.25, 0.3) is 5.91 Å². The number of rotatable bonds is 3. The van der Waals surface area contributed by atoms with Crippen molar-refractivity contribution in [2.75, 3.05) is 6.61 Å². The van der Waals surface area contributed by atoms with Crippen LogP contribution in [0.5, 0.6) is 0 Å². The highest BCUT2D eigenvalue weighted by Crippen LogP contribution is 2.30. The summed E-state index contributed by atoms with van der Waals surface area (Å²) in [4.78, 5) is 12.1. The number of aliphatic hydroxyl groups excluding tert-OH is 1. The maximum Gasteiger partial charge on any atom is 0.252 e. The van der Waals surface area contributed by atoms with Crippen LogP contribution in [-0.4, -0.2) is 23.2 Å². The number of nitrogens with one attached hydrogen (secondary N) is 1. The number of hydrogen-bond acceptors (Lipinski definition) is 2. The van der Waals surface area contributed by atoms with Gasteiger partial charge >= 0.3 is 0 Å². The molecule has 0 spiro atoms. The third-order valence-electron chi connectivity index (χ3n) is 3.42. The van der Waals surface area contributed by atoms with E-state index in [0.29, 0.717) is 10.0 Å². The molecule has 3 nitrogen and oxygen atoms in total. The smallest absolute Gasteiger partial charge is 0.252 e. The summed E-state index contributed by atoms with van der Waals surface area (Å²) in [5, 5.41) is 12.3. The average Bonchev–Trinajstić information content (AvgIpc) is 2.78. The lowest BCUT2D eigenvalue weighted by molar-refractivity contribution is 0.0837. The minimum atomic E-state index is -0.509. The van der Waals surface area contributed by atoms with Crippen LogP contribution in [0.25, 0.3) is 0 Å². The maximum absolute atomic E-state index is 13.0. The largest absolute Gasteiger partial charge is 0.394 e. The van der Waals surface area contributed by atoms with E-state index in [1.54, 1.807) is 0 Å². The molecule has 2 N–H and O–H groups in total. The fourth-order valence-corrected chi connectivity index (χ4v) is 2.89. The van der Waals surface area contributed by atoms with E-state index in [-0.39, 0.29) is 12.5 Å². The molecule has 0 unspecified atom stereocenters. The second kappa shape index (κ2) is 5.36. The summed E-state index contributed by atoms with van der Waals surface area (Å²) >= 11 is 3.17. The molecule has 2 rings (SSSR count). The molecule has 1 saturated carbocycles. The van der Waals surface area contributed by atoms with Gasteiger partial charge in [-0.2, -0.15) is 0 Å². The van der Waals surface area contributed by atoms with Gasteiger partial charge in [-0.05, 0) is 47.0 Å². The van der Waals surface area contributed by atoms with Crippen LogP contribution in [0, 0.1) is 5.82 Å². The summed E-state index contributed by atoms with van der Waals surface area (Å²) in [5.74, 6) is -0.672. The SMILES string of the molecule is O=C(NC1(CO)CCCC1)c1ccc(F)cc1Br. The zero-order chi connectivity index (χ0) is 13.2. The van der Waals surface area contributed by atoms with Crippen LogP contribution in [0.15, 0.2) is 22.7 Å². The van der Waals surface area contributed by atoms with Gasteiger partial charge in [0.1, 0.15) is 5.82 Å². The normalized spacial score (nSPS) is 17.7. The first-order valence-electron chi connectivity index (χ1n) is 5.95. The van der Waals surface area contributed by atoms with Crippen molar-refractivity contribution in [3.63, 3.8) is 0 Å². The number of aliphatic hydroxyl groups is 1. The molecular weight excluding hydrogens is 301 g/mol. The standard InChI is InChI=1S/C13H15BrFNO2/c14-11-7-9(15)3-4-10(11)12(18)16-13(8-17)5-1-2-6-13/h3-4,7,17H,1-2,5-6,8H2,(H,16,18). The van der Waals surface area contributed by atoms with Gasteiger partial charge in [0.05, 0.1) is 17.7 Å². The molecule has 0 aromatic heterocycles. The first-order valence-corrected chi connectivity index (χ1v) is 6.74. The van der Waals surface area contributed by atoms with Crippen LogP contribution < -0.4 is 5.32 Å². The third kappa shape index (κ3) is 2.72. The highest BCUT2D eigenvalue weighted by atomic mass is 79.9. The highest BCUT2D eigenvalue weighted by molar-refractivity contribution is 9.10. The molecule has 0 bridgehead atoms. The first kappa shape index (κ1) is 13.5. The molecule has 1 amide bonds. The maximum atomic E-state index is 13.0. The van der Waals surface area contributed by atoms with Gasteiger partial charge in [0, 0.05) is 4.47 Å². The third-order valence-corrected chi connectivity index (χ3v) is 4.07. The van der Waals surface area contributed by atoms with Crippen LogP contribution in [0.3, 0.4) is 0 Å². The molecule has 1 aromatic carbocycles. The Kier molecular flexibility index (Phi) is 4.02. The van der Waals surface area contributed by atoms with E-state index in [9.17, 15) is 14.3 Å². The minimum Gasteiger partial charge on any atom is -0.394 e. The molecule has 1 aliphatic rings. The second-order valence-electron chi connectivity index (χ2n) is 4.72. The summed E-state index contributed by atoms with van der Waals surface area (Å²) in [7, 11) is 0. The van der Waals surface area contributed by atoms with E-state index in [4.69, 9.17) is 0 Å². The lowest BCUT2D eigenvalue weighted by Gasteiger charge is -2.28. The number of amides is 1. The van der Waals surface area contributed by atoms with E-state index in [1.807, 2.05) is 0 Å². The van der Waals surface area contributed by atoms with Gasteiger partial charge in [0.2, 0.25) is 0 Å².